The fraction of sp³-hybridized carbons (Fsp3) is 0.143. The van der Waals surface area contributed by atoms with Crippen LogP contribution in [0.25, 0.3) is 0 Å². The third kappa shape index (κ3) is 2.87. The first-order chi connectivity index (χ1) is 8.70. The Morgan fingerprint density at radius 3 is 2.83 bits per heavy atom. The van der Waals surface area contributed by atoms with Crippen LogP contribution in [0.2, 0.25) is 5.02 Å². The molecule has 0 fully saturated rings. The van der Waals surface area contributed by atoms with Crippen LogP contribution in [0.4, 0.5) is 5.82 Å². The van der Waals surface area contributed by atoms with Crippen molar-refractivity contribution in [3.05, 3.63) is 58.7 Å². The molecule has 2 rings (SSSR count). The van der Waals surface area contributed by atoms with Crippen LogP contribution in [-0.2, 0) is 6.42 Å². The summed E-state index contributed by atoms with van der Waals surface area (Å²) in [7, 11) is 0. The number of carbonyl (C=O) groups is 1. The summed E-state index contributed by atoms with van der Waals surface area (Å²) in [5.74, 6) is 0.357. The molecule has 1 heterocycles. The fourth-order valence-electron chi connectivity index (χ4n) is 1.61. The van der Waals surface area contributed by atoms with Gasteiger partial charge in [0.2, 0.25) is 0 Å². The third-order valence-corrected chi connectivity index (χ3v) is 2.96. The Kier molecular flexibility index (Phi) is 3.95. The summed E-state index contributed by atoms with van der Waals surface area (Å²) in [6.45, 7) is 2.00. The molecule has 0 spiro atoms. The number of anilines is 1. The van der Waals surface area contributed by atoms with E-state index in [1.54, 1.807) is 36.5 Å². The SMILES string of the molecule is CCc1cc(C(=O)Nc2ccccn2)ccc1Cl. The number of aryl methyl sites for hydroxylation is 1. The maximum Gasteiger partial charge on any atom is 0.256 e. The number of nitrogens with zero attached hydrogens (tertiary/aromatic N) is 1. The molecule has 0 aliphatic rings. The molecular weight excluding hydrogens is 248 g/mol. The molecular formula is C14H13ClN2O. The van der Waals surface area contributed by atoms with E-state index in [1.807, 2.05) is 13.0 Å². The van der Waals surface area contributed by atoms with Crippen molar-refractivity contribution in [1.82, 2.24) is 4.98 Å². The zero-order valence-corrected chi connectivity index (χ0v) is 10.7. The molecule has 0 unspecified atom stereocenters. The van der Waals surface area contributed by atoms with E-state index < -0.39 is 0 Å². The summed E-state index contributed by atoms with van der Waals surface area (Å²) in [5, 5.41) is 3.42. The lowest BCUT2D eigenvalue weighted by molar-refractivity contribution is 0.102. The second kappa shape index (κ2) is 5.65. The smallest absolute Gasteiger partial charge is 0.256 e. The van der Waals surface area contributed by atoms with Gasteiger partial charge in [0.1, 0.15) is 5.82 Å². The quantitative estimate of drug-likeness (QED) is 0.917. The van der Waals surface area contributed by atoms with Crippen molar-refractivity contribution in [3.8, 4) is 0 Å². The predicted octanol–water partition coefficient (Wildman–Crippen LogP) is 3.55. The molecule has 0 saturated heterocycles. The molecule has 0 bridgehead atoms. The monoisotopic (exact) mass is 260 g/mol. The lowest BCUT2D eigenvalue weighted by Crippen LogP contribution is -2.13. The normalized spacial score (nSPS) is 10.1. The topological polar surface area (TPSA) is 42.0 Å². The van der Waals surface area contributed by atoms with Crippen LogP contribution in [-0.4, -0.2) is 10.9 Å². The number of amides is 1. The molecule has 1 aromatic heterocycles. The Labute approximate surface area is 111 Å². The van der Waals surface area contributed by atoms with Crippen LogP contribution in [0, 0.1) is 0 Å². The van der Waals surface area contributed by atoms with Crippen LogP contribution < -0.4 is 5.32 Å². The van der Waals surface area contributed by atoms with Gasteiger partial charge in [-0.15, -0.1) is 0 Å². The van der Waals surface area contributed by atoms with E-state index in [4.69, 9.17) is 11.6 Å². The Bertz CT molecular complexity index is 555. The molecule has 3 nitrogen and oxygen atoms in total. The molecule has 4 heteroatoms. The summed E-state index contributed by atoms with van der Waals surface area (Å²) in [6, 6.07) is 10.6. The van der Waals surface area contributed by atoms with Crippen molar-refractivity contribution in [2.75, 3.05) is 5.32 Å². The fourth-order valence-corrected chi connectivity index (χ4v) is 1.86. The first kappa shape index (κ1) is 12.6. The molecule has 2 aromatic rings. The van der Waals surface area contributed by atoms with E-state index in [2.05, 4.69) is 10.3 Å². The summed E-state index contributed by atoms with van der Waals surface area (Å²) in [6.07, 6.45) is 2.43. The van der Waals surface area contributed by atoms with E-state index in [9.17, 15) is 4.79 Å². The van der Waals surface area contributed by atoms with Crippen LogP contribution in [0.1, 0.15) is 22.8 Å². The summed E-state index contributed by atoms with van der Waals surface area (Å²) in [5.41, 5.74) is 1.55. The number of aromatic nitrogens is 1. The highest BCUT2D eigenvalue weighted by molar-refractivity contribution is 6.31. The van der Waals surface area contributed by atoms with Gasteiger partial charge in [-0.1, -0.05) is 24.6 Å². The Morgan fingerprint density at radius 2 is 2.17 bits per heavy atom. The van der Waals surface area contributed by atoms with Crippen LogP contribution in [0.5, 0.6) is 0 Å². The van der Waals surface area contributed by atoms with E-state index >= 15 is 0 Å². The van der Waals surface area contributed by atoms with Gasteiger partial charge in [-0.25, -0.2) is 4.98 Å². The highest BCUT2D eigenvalue weighted by Crippen LogP contribution is 2.18. The molecule has 1 aromatic carbocycles. The minimum absolute atomic E-state index is 0.180. The molecule has 0 atom stereocenters. The van der Waals surface area contributed by atoms with Crippen molar-refractivity contribution in [1.29, 1.82) is 0 Å². The lowest BCUT2D eigenvalue weighted by atomic mass is 10.1. The van der Waals surface area contributed by atoms with Crippen molar-refractivity contribution in [2.24, 2.45) is 0 Å². The van der Waals surface area contributed by atoms with Gasteiger partial charge in [0.05, 0.1) is 0 Å². The van der Waals surface area contributed by atoms with E-state index in [-0.39, 0.29) is 5.91 Å². The van der Waals surface area contributed by atoms with Crippen molar-refractivity contribution in [3.63, 3.8) is 0 Å². The minimum Gasteiger partial charge on any atom is -0.307 e. The van der Waals surface area contributed by atoms with Crippen molar-refractivity contribution >= 4 is 23.3 Å². The molecule has 0 radical (unpaired) electrons. The first-order valence-electron chi connectivity index (χ1n) is 5.71. The summed E-state index contributed by atoms with van der Waals surface area (Å²) < 4.78 is 0. The highest BCUT2D eigenvalue weighted by Gasteiger charge is 2.08. The van der Waals surface area contributed by atoms with Gasteiger partial charge in [0.25, 0.3) is 5.91 Å². The second-order valence-corrected chi connectivity index (χ2v) is 4.24. The highest BCUT2D eigenvalue weighted by atomic mass is 35.5. The maximum atomic E-state index is 12.0. The predicted molar refractivity (Wildman–Crippen MR) is 73.0 cm³/mol. The van der Waals surface area contributed by atoms with Crippen LogP contribution in [0.3, 0.4) is 0 Å². The first-order valence-corrected chi connectivity index (χ1v) is 6.09. The maximum absolute atomic E-state index is 12.0. The second-order valence-electron chi connectivity index (χ2n) is 3.83. The van der Waals surface area contributed by atoms with E-state index in [0.717, 1.165) is 12.0 Å². The number of nitrogens with one attached hydrogen (secondary N) is 1. The standard InChI is InChI=1S/C14H13ClN2O/c1-2-10-9-11(6-7-12(10)15)14(18)17-13-5-3-4-8-16-13/h3-9H,2H2,1H3,(H,16,17,18). The third-order valence-electron chi connectivity index (χ3n) is 2.60. The van der Waals surface area contributed by atoms with Gasteiger partial charge in [0, 0.05) is 16.8 Å². The van der Waals surface area contributed by atoms with Crippen molar-refractivity contribution in [2.45, 2.75) is 13.3 Å². The largest absolute Gasteiger partial charge is 0.307 e. The van der Waals surface area contributed by atoms with Gasteiger partial charge in [-0.2, -0.15) is 0 Å². The number of rotatable bonds is 3. The molecule has 18 heavy (non-hydrogen) atoms. The van der Waals surface area contributed by atoms with Gasteiger partial charge in [0.15, 0.2) is 0 Å². The number of halogens is 1. The lowest BCUT2D eigenvalue weighted by Gasteiger charge is -2.06. The van der Waals surface area contributed by atoms with Gasteiger partial charge in [-0.3, -0.25) is 4.79 Å². The Balaban J connectivity index is 2.19. The summed E-state index contributed by atoms with van der Waals surface area (Å²) >= 11 is 6.02. The van der Waals surface area contributed by atoms with E-state index in [1.165, 1.54) is 0 Å². The number of hydrogen-bond donors (Lipinski definition) is 1. The minimum atomic E-state index is -0.180. The molecule has 1 amide bonds. The number of hydrogen-bond acceptors (Lipinski definition) is 2. The van der Waals surface area contributed by atoms with Crippen LogP contribution >= 0.6 is 11.6 Å². The molecule has 0 aliphatic carbocycles. The average molecular weight is 261 g/mol. The Morgan fingerprint density at radius 1 is 1.33 bits per heavy atom. The number of benzene rings is 1. The molecule has 1 N–H and O–H groups in total. The Hall–Kier alpha value is -1.87. The molecule has 92 valence electrons. The molecule has 0 saturated carbocycles. The molecule has 0 aliphatic heterocycles. The zero-order valence-electron chi connectivity index (χ0n) is 9.98. The van der Waals surface area contributed by atoms with Gasteiger partial charge < -0.3 is 5.32 Å². The van der Waals surface area contributed by atoms with Crippen molar-refractivity contribution < 1.29 is 4.79 Å². The van der Waals surface area contributed by atoms with Gasteiger partial charge in [-0.05, 0) is 42.3 Å². The van der Waals surface area contributed by atoms with E-state index in [0.29, 0.717) is 16.4 Å². The number of carbonyl (C=O) groups excluding carboxylic acids is 1. The number of pyridine rings is 1. The summed E-state index contributed by atoms with van der Waals surface area (Å²) in [4.78, 5) is 16.0. The van der Waals surface area contributed by atoms with Gasteiger partial charge >= 0.3 is 0 Å². The zero-order chi connectivity index (χ0) is 13.0. The van der Waals surface area contributed by atoms with Crippen LogP contribution in [0.15, 0.2) is 42.6 Å². The average Bonchev–Trinajstić information content (AvgIpc) is 2.40.